The number of halogens is 1. The molecule has 1 atom stereocenters. The molecule has 2 amide bonds. The maximum absolute atomic E-state index is 12.9. The summed E-state index contributed by atoms with van der Waals surface area (Å²) < 4.78 is 32.0. The smallest absolute Gasteiger partial charge is 0.414 e. The molecule has 1 aliphatic rings. The standard InChI is InChI=1S/C21H26ClN5O6S2/c1-20(2,3)33-19(30)25-18-26-21(4,11-35(31,32)27(18)5)16-12(22)10-15(34-16)13-6-7-14(24-13)17(29)23-8-9-28/h6-7,9-10,24H,8,11H2,1-5H3,(H,23,29)(H,25,26,30)/t21-/m0/s1. The zero-order chi connectivity index (χ0) is 26.2. The van der Waals surface area contributed by atoms with Crippen LogP contribution in [-0.2, 0) is 25.1 Å². The molecule has 0 radical (unpaired) electrons. The van der Waals surface area contributed by atoms with E-state index in [-0.39, 0.29) is 29.0 Å². The number of aliphatic imine (C=N–C) groups is 1. The Morgan fingerprint density at radius 2 is 2.06 bits per heavy atom. The lowest BCUT2D eigenvalue weighted by atomic mass is 10.0. The summed E-state index contributed by atoms with van der Waals surface area (Å²) in [5.41, 5.74) is -1.25. The predicted octanol–water partition coefficient (Wildman–Crippen LogP) is 2.70. The Morgan fingerprint density at radius 1 is 1.37 bits per heavy atom. The summed E-state index contributed by atoms with van der Waals surface area (Å²) in [6.07, 6.45) is -0.261. The first kappa shape index (κ1) is 26.7. The average Bonchev–Trinajstić information content (AvgIpc) is 3.35. The average molecular weight is 544 g/mol. The van der Waals surface area contributed by atoms with Crippen molar-refractivity contribution in [3.05, 3.63) is 33.8 Å². The van der Waals surface area contributed by atoms with Crippen LogP contribution in [0.15, 0.2) is 23.2 Å². The highest BCUT2D eigenvalue weighted by Crippen LogP contribution is 2.44. The maximum Gasteiger partial charge on any atom is 0.414 e. The Bertz CT molecular complexity index is 1290. The van der Waals surface area contributed by atoms with E-state index in [0.29, 0.717) is 21.7 Å². The quantitative estimate of drug-likeness (QED) is 0.493. The van der Waals surface area contributed by atoms with Gasteiger partial charge in [0.25, 0.3) is 5.91 Å². The molecule has 0 bridgehead atoms. The van der Waals surface area contributed by atoms with Crippen molar-refractivity contribution in [2.75, 3.05) is 19.3 Å². The Hall–Kier alpha value is -2.90. The second-order valence-corrected chi connectivity index (χ2v) is 12.5. The van der Waals surface area contributed by atoms with Crippen LogP contribution in [0.3, 0.4) is 0 Å². The number of hydrogen-bond donors (Lipinski definition) is 3. The minimum atomic E-state index is -3.85. The highest BCUT2D eigenvalue weighted by molar-refractivity contribution is 7.89. The Balaban J connectivity index is 1.95. The van der Waals surface area contributed by atoms with Gasteiger partial charge in [0.2, 0.25) is 16.0 Å². The largest absolute Gasteiger partial charge is 0.444 e. The number of rotatable bonds is 5. The van der Waals surface area contributed by atoms with Crippen LogP contribution in [0.25, 0.3) is 10.6 Å². The molecule has 2 aromatic rings. The van der Waals surface area contributed by atoms with Gasteiger partial charge >= 0.3 is 6.09 Å². The van der Waals surface area contributed by atoms with Crippen LogP contribution in [0, 0.1) is 0 Å². The normalized spacial score (nSPS) is 19.6. The number of aromatic amines is 1. The number of guanidine groups is 1. The first-order valence-corrected chi connectivity index (χ1v) is 13.2. The Labute approximate surface area is 211 Å². The lowest BCUT2D eigenvalue weighted by Gasteiger charge is -2.35. The van der Waals surface area contributed by atoms with Crippen molar-refractivity contribution in [1.29, 1.82) is 0 Å². The van der Waals surface area contributed by atoms with Crippen molar-refractivity contribution < 1.29 is 27.5 Å². The number of thiophene rings is 1. The first-order chi connectivity index (χ1) is 16.1. The second kappa shape index (κ2) is 9.63. The lowest BCUT2D eigenvalue weighted by molar-refractivity contribution is -0.107. The van der Waals surface area contributed by atoms with Crippen LogP contribution in [0.4, 0.5) is 4.79 Å². The van der Waals surface area contributed by atoms with Gasteiger partial charge in [0, 0.05) is 7.05 Å². The minimum absolute atomic E-state index is 0.110. The molecule has 3 rings (SSSR count). The number of nitrogens with zero attached hydrogens (tertiary/aromatic N) is 2. The molecule has 2 aromatic heterocycles. The van der Waals surface area contributed by atoms with Crippen LogP contribution in [0.5, 0.6) is 0 Å². The van der Waals surface area contributed by atoms with E-state index in [1.54, 1.807) is 45.9 Å². The monoisotopic (exact) mass is 543 g/mol. The van der Waals surface area contributed by atoms with E-state index in [1.165, 1.54) is 18.4 Å². The van der Waals surface area contributed by atoms with Crippen LogP contribution in [0.1, 0.15) is 43.1 Å². The number of carbonyl (C=O) groups is 3. The van der Waals surface area contributed by atoms with Gasteiger partial charge in [-0.1, -0.05) is 11.6 Å². The number of H-pyrrole nitrogens is 1. The van der Waals surface area contributed by atoms with Gasteiger partial charge in [-0.2, -0.15) is 0 Å². The van der Waals surface area contributed by atoms with Gasteiger partial charge in [-0.15, -0.1) is 11.3 Å². The molecule has 0 fully saturated rings. The van der Waals surface area contributed by atoms with E-state index in [0.717, 1.165) is 4.31 Å². The molecular formula is C21H26ClN5O6S2. The zero-order valence-electron chi connectivity index (χ0n) is 19.8. The number of amides is 2. The van der Waals surface area contributed by atoms with Crippen molar-refractivity contribution in [2.45, 2.75) is 38.8 Å². The molecule has 1 aliphatic heterocycles. The van der Waals surface area contributed by atoms with Crippen molar-refractivity contribution in [3.63, 3.8) is 0 Å². The number of hydrogen-bond acceptors (Lipinski definition) is 8. The highest BCUT2D eigenvalue weighted by atomic mass is 35.5. The molecule has 0 spiro atoms. The van der Waals surface area contributed by atoms with E-state index in [2.05, 4.69) is 20.6 Å². The predicted molar refractivity (Wildman–Crippen MR) is 133 cm³/mol. The zero-order valence-corrected chi connectivity index (χ0v) is 22.2. The summed E-state index contributed by atoms with van der Waals surface area (Å²) in [6, 6.07) is 4.88. The molecule has 0 saturated heterocycles. The van der Waals surface area contributed by atoms with Gasteiger partial charge in [0.05, 0.1) is 32.8 Å². The van der Waals surface area contributed by atoms with Gasteiger partial charge in [-0.05, 0) is 45.9 Å². The molecule has 0 saturated carbocycles. The highest BCUT2D eigenvalue weighted by Gasteiger charge is 2.44. The van der Waals surface area contributed by atoms with Crippen molar-refractivity contribution in [3.8, 4) is 10.6 Å². The maximum atomic E-state index is 12.9. The van der Waals surface area contributed by atoms with Crippen molar-refractivity contribution in [2.24, 2.45) is 4.99 Å². The number of nitrogens with one attached hydrogen (secondary N) is 3. The van der Waals surface area contributed by atoms with E-state index >= 15 is 0 Å². The lowest BCUT2D eigenvalue weighted by Crippen LogP contribution is -2.53. The van der Waals surface area contributed by atoms with E-state index in [4.69, 9.17) is 16.3 Å². The number of aromatic nitrogens is 1. The first-order valence-electron chi connectivity index (χ1n) is 10.4. The van der Waals surface area contributed by atoms with Gasteiger partial charge in [-0.3, -0.25) is 10.1 Å². The van der Waals surface area contributed by atoms with Gasteiger partial charge in [-0.25, -0.2) is 22.5 Å². The topological polar surface area (TPSA) is 150 Å². The molecule has 3 heterocycles. The van der Waals surface area contributed by atoms with E-state index < -0.39 is 33.2 Å². The summed E-state index contributed by atoms with van der Waals surface area (Å²) in [6.45, 7) is 6.56. The number of alkyl carbamates (subject to hydrolysis) is 1. The van der Waals surface area contributed by atoms with Gasteiger partial charge in [0.15, 0.2) is 0 Å². The number of carbonyl (C=O) groups excluding carboxylic acids is 3. The van der Waals surface area contributed by atoms with Crippen LogP contribution in [0.2, 0.25) is 5.02 Å². The fraction of sp³-hybridized carbons (Fsp3) is 0.429. The molecule has 0 aromatic carbocycles. The minimum Gasteiger partial charge on any atom is -0.444 e. The molecular weight excluding hydrogens is 518 g/mol. The second-order valence-electron chi connectivity index (χ2n) is 9.01. The molecule has 14 heteroatoms. The van der Waals surface area contributed by atoms with E-state index in [1.807, 2.05) is 0 Å². The Morgan fingerprint density at radius 3 is 2.69 bits per heavy atom. The third kappa shape index (κ3) is 6.03. The fourth-order valence-corrected chi connectivity index (χ4v) is 6.47. The van der Waals surface area contributed by atoms with Crippen LogP contribution >= 0.6 is 22.9 Å². The third-order valence-corrected chi connectivity index (χ3v) is 8.63. The molecule has 3 N–H and O–H groups in total. The fourth-order valence-electron chi connectivity index (χ4n) is 3.31. The number of aldehydes is 1. The van der Waals surface area contributed by atoms with Crippen molar-refractivity contribution >= 4 is 57.2 Å². The number of sulfonamides is 1. The summed E-state index contributed by atoms with van der Waals surface area (Å²) >= 11 is 7.72. The Kier molecular flexibility index (Phi) is 7.34. The van der Waals surface area contributed by atoms with Crippen LogP contribution in [-0.4, -0.2) is 66.9 Å². The summed E-state index contributed by atoms with van der Waals surface area (Å²) in [5, 5.41) is 5.14. The summed E-state index contributed by atoms with van der Waals surface area (Å²) in [5.74, 6) is -1.00. The summed E-state index contributed by atoms with van der Waals surface area (Å²) in [4.78, 5) is 43.5. The molecule has 0 unspecified atom stereocenters. The summed E-state index contributed by atoms with van der Waals surface area (Å²) in [7, 11) is -2.56. The van der Waals surface area contributed by atoms with E-state index in [9.17, 15) is 22.8 Å². The third-order valence-electron chi connectivity index (χ3n) is 4.86. The van der Waals surface area contributed by atoms with Crippen molar-refractivity contribution in [1.82, 2.24) is 19.9 Å². The number of ether oxygens (including phenoxy) is 1. The van der Waals surface area contributed by atoms with Crippen LogP contribution < -0.4 is 10.6 Å². The molecule has 11 nitrogen and oxygen atoms in total. The molecule has 190 valence electrons. The molecule has 35 heavy (non-hydrogen) atoms. The van der Waals surface area contributed by atoms with Gasteiger partial charge in [0.1, 0.15) is 23.1 Å². The van der Waals surface area contributed by atoms with Gasteiger partial charge < -0.3 is 19.8 Å². The molecule has 0 aliphatic carbocycles. The SMILES string of the molecule is CN1C(NC(=O)OC(C)(C)C)=N[C@](C)(c2sc(-c3ccc(C(=O)NCC=O)[nH]3)cc2Cl)CS1(=O)=O.